The molecule has 0 unspecified atom stereocenters. The van der Waals surface area contributed by atoms with Gasteiger partial charge in [-0.15, -0.1) is 10.2 Å². The number of rotatable bonds is 10. The van der Waals surface area contributed by atoms with Crippen LogP contribution in [0.15, 0.2) is 103 Å². The molecular formula is C37H38N6O. The first-order chi connectivity index (χ1) is 21.7. The minimum atomic E-state index is -0.329. The molecule has 0 radical (unpaired) electrons. The molecule has 1 fully saturated rings. The molecular weight excluding hydrogens is 544 g/mol. The van der Waals surface area contributed by atoms with E-state index in [1.165, 1.54) is 21.9 Å². The number of hydrogen-bond donors (Lipinski definition) is 3. The van der Waals surface area contributed by atoms with Crippen LogP contribution in [0.4, 0.5) is 0 Å². The van der Waals surface area contributed by atoms with Crippen LogP contribution < -0.4 is 10.6 Å². The minimum absolute atomic E-state index is 0.00583. The highest BCUT2D eigenvalue weighted by atomic mass is 16.2. The van der Waals surface area contributed by atoms with Gasteiger partial charge in [0.15, 0.2) is 5.82 Å². The zero-order valence-electron chi connectivity index (χ0n) is 24.9. The monoisotopic (exact) mass is 582 g/mol. The van der Waals surface area contributed by atoms with E-state index in [0.717, 1.165) is 66.9 Å². The second-order valence-electron chi connectivity index (χ2n) is 11.8. The largest absolute Gasteiger partial charge is 0.361 e. The fraction of sp³-hybridized carbons (Fsp3) is 0.270. The number of nitrogens with zero attached hydrogens (tertiary/aromatic N) is 3. The number of amides is 1. The Kier molecular flexibility index (Phi) is 8.20. The topological polar surface area (TPSA) is 87.6 Å². The second kappa shape index (κ2) is 12.9. The Hall–Kier alpha value is -4.75. The fourth-order valence-corrected chi connectivity index (χ4v) is 6.57. The molecule has 1 saturated heterocycles. The van der Waals surface area contributed by atoms with E-state index >= 15 is 0 Å². The molecule has 1 aliphatic rings. The molecule has 0 aliphatic carbocycles. The number of carbonyl (C=O) groups excluding carboxylic acids is 1. The summed E-state index contributed by atoms with van der Waals surface area (Å²) in [6.07, 6.45) is 5.99. The van der Waals surface area contributed by atoms with Gasteiger partial charge in [0, 0.05) is 35.9 Å². The zero-order valence-corrected chi connectivity index (χ0v) is 24.9. The predicted molar refractivity (Wildman–Crippen MR) is 175 cm³/mol. The number of fused-ring (bicyclic) bond motifs is 2. The number of H-pyrrole nitrogens is 1. The SMILES string of the molecule is O=C(N[C@H](Cc1c[nH]c2ccccc12)c1nnc(CCc2ccccc2)n1Cc1cccc2ccccc12)C1CCNCC1. The average molecular weight is 583 g/mol. The van der Waals surface area contributed by atoms with E-state index < -0.39 is 0 Å². The molecule has 44 heavy (non-hydrogen) atoms. The molecule has 3 N–H and O–H groups in total. The third kappa shape index (κ3) is 6.01. The lowest BCUT2D eigenvalue weighted by atomic mass is 9.96. The van der Waals surface area contributed by atoms with Crippen molar-refractivity contribution in [3.05, 3.63) is 132 Å². The van der Waals surface area contributed by atoms with Gasteiger partial charge in [0.05, 0.1) is 12.6 Å². The molecule has 7 nitrogen and oxygen atoms in total. The van der Waals surface area contributed by atoms with Crippen molar-refractivity contribution in [1.29, 1.82) is 0 Å². The number of hydrogen-bond acceptors (Lipinski definition) is 4. The number of aromatic amines is 1. The minimum Gasteiger partial charge on any atom is -0.361 e. The van der Waals surface area contributed by atoms with E-state index in [9.17, 15) is 4.79 Å². The summed E-state index contributed by atoms with van der Waals surface area (Å²) in [5.74, 6) is 1.82. The third-order valence-corrected chi connectivity index (χ3v) is 8.98. The summed E-state index contributed by atoms with van der Waals surface area (Å²) >= 11 is 0. The molecule has 6 aromatic rings. The molecule has 0 saturated carbocycles. The van der Waals surface area contributed by atoms with Crippen molar-refractivity contribution in [3.8, 4) is 0 Å². The van der Waals surface area contributed by atoms with Gasteiger partial charge in [0.1, 0.15) is 5.82 Å². The maximum absolute atomic E-state index is 13.7. The van der Waals surface area contributed by atoms with Gasteiger partial charge in [0.25, 0.3) is 0 Å². The molecule has 222 valence electrons. The summed E-state index contributed by atoms with van der Waals surface area (Å²) in [5, 5.41) is 20.0. The number of aryl methyl sites for hydroxylation is 2. The van der Waals surface area contributed by atoms with E-state index in [2.05, 4.69) is 111 Å². The first kappa shape index (κ1) is 28.0. The Balaban J connectivity index is 1.28. The van der Waals surface area contributed by atoms with Crippen molar-refractivity contribution in [2.45, 2.75) is 44.7 Å². The lowest BCUT2D eigenvalue weighted by Gasteiger charge is -2.26. The Labute approximate surface area is 257 Å². The van der Waals surface area contributed by atoms with Gasteiger partial charge in [-0.05, 0) is 65.9 Å². The van der Waals surface area contributed by atoms with Crippen molar-refractivity contribution in [1.82, 2.24) is 30.4 Å². The Morgan fingerprint density at radius 2 is 1.57 bits per heavy atom. The van der Waals surface area contributed by atoms with Gasteiger partial charge < -0.3 is 20.2 Å². The van der Waals surface area contributed by atoms with E-state index in [1.807, 2.05) is 12.1 Å². The van der Waals surface area contributed by atoms with Crippen LogP contribution in [-0.4, -0.2) is 38.7 Å². The summed E-state index contributed by atoms with van der Waals surface area (Å²) in [5.41, 5.74) is 4.72. The van der Waals surface area contributed by atoms with Crippen LogP contribution in [0, 0.1) is 5.92 Å². The molecule has 0 bridgehead atoms. The normalized spacial score (nSPS) is 14.6. The molecule has 2 aromatic heterocycles. The molecule has 1 atom stereocenters. The van der Waals surface area contributed by atoms with Crippen molar-refractivity contribution in [2.24, 2.45) is 5.92 Å². The van der Waals surface area contributed by atoms with Crippen molar-refractivity contribution in [3.63, 3.8) is 0 Å². The van der Waals surface area contributed by atoms with Crippen LogP contribution in [0.5, 0.6) is 0 Å². The Morgan fingerprint density at radius 3 is 2.43 bits per heavy atom. The van der Waals surface area contributed by atoms with Gasteiger partial charge >= 0.3 is 0 Å². The van der Waals surface area contributed by atoms with E-state index in [-0.39, 0.29) is 17.9 Å². The van der Waals surface area contributed by atoms with Crippen LogP contribution >= 0.6 is 0 Å². The zero-order chi connectivity index (χ0) is 29.7. The van der Waals surface area contributed by atoms with E-state index in [1.54, 1.807) is 0 Å². The number of nitrogens with one attached hydrogen (secondary N) is 3. The molecule has 1 aliphatic heterocycles. The predicted octanol–water partition coefficient (Wildman–Crippen LogP) is 6.15. The molecule has 7 rings (SSSR count). The highest BCUT2D eigenvalue weighted by Gasteiger charge is 2.28. The quantitative estimate of drug-likeness (QED) is 0.181. The van der Waals surface area contributed by atoms with Gasteiger partial charge in [-0.2, -0.15) is 0 Å². The summed E-state index contributed by atoms with van der Waals surface area (Å²) in [6.45, 7) is 2.36. The van der Waals surface area contributed by atoms with Crippen LogP contribution in [0.3, 0.4) is 0 Å². The summed E-state index contributed by atoms with van der Waals surface area (Å²) in [7, 11) is 0. The number of piperidine rings is 1. The summed E-state index contributed by atoms with van der Waals surface area (Å²) in [6, 6.07) is 33.5. The lowest BCUT2D eigenvalue weighted by Crippen LogP contribution is -2.41. The molecule has 0 spiro atoms. The van der Waals surface area contributed by atoms with Crippen LogP contribution in [-0.2, 0) is 30.6 Å². The van der Waals surface area contributed by atoms with E-state index in [4.69, 9.17) is 10.2 Å². The molecule has 3 heterocycles. The first-order valence-corrected chi connectivity index (χ1v) is 15.7. The smallest absolute Gasteiger partial charge is 0.223 e. The molecule has 4 aromatic carbocycles. The van der Waals surface area contributed by atoms with Crippen LogP contribution in [0.25, 0.3) is 21.7 Å². The number of aromatic nitrogens is 4. The molecule has 7 heteroatoms. The summed E-state index contributed by atoms with van der Waals surface area (Å²) in [4.78, 5) is 17.1. The van der Waals surface area contributed by atoms with Crippen molar-refractivity contribution in [2.75, 3.05) is 13.1 Å². The van der Waals surface area contributed by atoms with Gasteiger partial charge in [0.2, 0.25) is 5.91 Å². The lowest BCUT2D eigenvalue weighted by molar-refractivity contribution is -0.126. The van der Waals surface area contributed by atoms with E-state index in [0.29, 0.717) is 13.0 Å². The number of benzene rings is 4. The average Bonchev–Trinajstić information content (AvgIpc) is 3.68. The van der Waals surface area contributed by atoms with Gasteiger partial charge in [-0.3, -0.25) is 4.79 Å². The van der Waals surface area contributed by atoms with Crippen LogP contribution in [0.2, 0.25) is 0 Å². The highest BCUT2D eigenvalue weighted by Crippen LogP contribution is 2.28. The van der Waals surface area contributed by atoms with Crippen molar-refractivity contribution < 1.29 is 4.79 Å². The number of carbonyl (C=O) groups is 1. The Bertz CT molecular complexity index is 1860. The van der Waals surface area contributed by atoms with Crippen molar-refractivity contribution >= 4 is 27.6 Å². The highest BCUT2D eigenvalue weighted by molar-refractivity contribution is 5.86. The maximum atomic E-state index is 13.7. The standard InChI is InChI=1S/C37H38N6O/c44-37(28-19-21-38-22-20-28)40-34(23-30-24-39-33-16-7-6-15-32(30)33)36-42-41-35(18-17-26-9-2-1-3-10-26)43(36)25-29-13-8-12-27-11-4-5-14-31(27)29/h1-16,24,28,34,38-39H,17-23,25H2,(H,40,44)/t34-/m1/s1. The fourth-order valence-electron chi connectivity index (χ4n) is 6.57. The van der Waals surface area contributed by atoms with Crippen LogP contribution in [0.1, 0.15) is 47.2 Å². The maximum Gasteiger partial charge on any atom is 0.223 e. The number of para-hydroxylation sites is 1. The second-order valence-corrected chi connectivity index (χ2v) is 11.8. The third-order valence-electron chi connectivity index (χ3n) is 8.98. The first-order valence-electron chi connectivity index (χ1n) is 15.7. The van der Waals surface area contributed by atoms with Gasteiger partial charge in [-0.1, -0.05) is 91.0 Å². The van der Waals surface area contributed by atoms with Gasteiger partial charge in [-0.25, -0.2) is 0 Å². The summed E-state index contributed by atoms with van der Waals surface area (Å²) < 4.78 is 2.26. The Morgan fingerprint density at radius 1 is 0.818 bits per heavy atom. The molecule has 1 amide bonds.